The van der Waals surface area contributed by atoms with Crippen LogP contribution in [0.1, 0.15) is 11.1 Å². The molecular weight excluding hydrogens is 468 g/mol. The maximum absolute atomic E-state index is 11.6. The highest BCUT2D eigenvalue weighted by atomic mass is 79.9. The Morgan fingerprint density at radius 1 is 0.885 bits per heavy atom. The minimum Gasteiger partial charge on any atom is -0.496 e. The third-order valence-corrected chi connectivity index (χ3v) is 4.35. The van der Waals surface area contributed by atoms with Gasteiger partial charge in [0.25, 0.3) is 0 Å². The third-order valence-electron chi connectivity index (χ3n) is 3.11. The monoisotopic (exact) mass is 482 g/mol. The molecule has 136 valence electrons. The molecule has 2 rings (SSSR count). The van der Waals surface area contributed by atoms with E-state index in [2.05, 4.69) is 52.9 Å². The summed E-state index contributed by atoms with van der Waals surface area (Å²) < 4.78 is 11.9. The van der Waals surface area contributed by atoms with Gasteiger partial charge in [-0.3, -0.25) is 0 Å². The topological polar surface area (TPSA) is 84.3 Å². The number of halogens is 2. The molecule has 2 aromatic rings. The Balaban J connectivity index is 1.85. The first-order valence-electron chi connectivity index (χ1n) is 7.32. The number of hydrazone groups is 2. The van der Waals surface area contributed by atoms with E-state index in [-0.39, 0.29) is 0 Å². The van der Waals surface area contributed by atoms with Gasteiger partial charge in [-0.1, -0.05) is 0 Å². The number of carbonyl (C=O) groups is 1. The van der Waals surface area contributed by atoms with E-state index in [4.69, 9.17) is 9.47 Å². The van der Waals surface area contributed by atoms with Gasteiger partial charge in [-0.15, -0.1) is 0 Å². The number of hydrogen-bond acceptors (Lipinski definition) is 5. The largest absolute Gasteiger partial charge is 0.496 e. The summed E-state index contributed by atoms with van der Waals surface area (Å²) in [7, 11) is 3.18. The first kappa shape index (κ1) is 19.9. The summed E-state index contributed by atoms with van der Waals surface area (Å²) in [6.07, 6.45) is 3.02. The molecule has 0 heterocycles. The summed E-state index contributed by atoms with van der Waals surface area (Å²) in [5, 5.41) is 7.71. The molecule has 0 spiro atoms. The maximum atomic E-state index is 11.6. The smallest absolute Gasteiger partial charge is 0.355 e. The average Bonchev–Trinajstić information content (AvgIpc) is 2.62. The quantitative estimate of drug-likeness (QED) is 0.482. The first-order valence-corrected chi connectivity index (χ1v) is 8.91. The number of nitrogens with one attached hydrogen (secondary N) is 2. The fourth-order valence-electron chi connectivity index (χ4n) is 1.88. The summed E-state index contributed by atoms with van der Waals surface area (Å²) >= 11 is 6.76. The van der Waals surface area contributed by atoms with E-state index in [0.29, 0.717) is 11.5 Å². The van der Waals surface area contributed by atoms with Crippen molar-refractivity contribution in [3.63, 3.8) is 0 Å². The second-order valence-electron chi connectivity index (χ2n) is 4.86. The molecule has 26 heavy (non-hydrogen) atoms. The number of benzene rings is 2. The van der Waals surface area contributed by atoms with Gasteiger partial charge in [0.05, 0.1) is 35.6 Å². The van der Waals surface area contributed by atoms with Crippen molar-refractivity contribution in [1.82, 2.24) is 10.9 Å². The molecule has 0 unspecified atom stereocenters. The molecule has 9 heteroatoms. The molecule has 0 aliphatic carbocycles. The van der Waals surface area contributed by atoms with Crippen LogP contribution in [0, 0.1) is 0 Å². The van der Waals surface area contributed by atoms with E-state index >= 15 is 0 Å². The van der Waals surface area contributed by atoms with Crippen molar-refractivity contribution >= 4 is 50.3 Å². The van der Waals surface area contributed by atoms with Gasteiger partial charge >= 0.3 is 6.03 Å². The lowest BCUT2D eigenvalue weighted by Crippen LogP contribution is -2.28. The molecule has 2 N–H and O–H groups in total. The number of nitrogens with zero attached hydrogens (tertiary/aromatic N) is 2. The van der Waals surface area contributed by atoms with Gasteiger partial charge in [0, 0.05) is 0 Å². The Morgan fingerprint density at radius 2 is 1.31 bits per heavy atom. The first-order chi connectivity index (χ1) is 12.5. The summed E-state index contributed by atoms with van der Waals surface area (Å²) in [6.45, 7) is 0. The number of hydrogen-bond donors (Lipinski definition) is 2. The zero-order valence-electron chi connectivity index (χ0n) is 14.0. The Labute approximate surface area is 167 Å². The highest BCUT2D eigenvalue weighted by Gasteiger charge is 2.01. The van der Waals surface area contributed by atoms with E-state index in [1.807, 2.05) is 24.3 Å². The second kappa shape index (κ2) is 9.93. The molecule has 0 aliphatic rings. The van der Waals surface area contributed by atoms with Gasteiger partial charge in [0.1, 0.15) is 11.5 Å². The van der Waals surface area contributed by atoms with Crippen LogP contribution in [0.15, 0.2) is 55.5 Å². The summed E-state index contributed by atoms with van der Waals surface area (Å²) in [6, 6.07) is 10.3. The molecule has 0 radical (unpaired) electrons. The number of urea groups is 1. The van der Waals surface area contributed by atoms with Gasteiger partial charge in [-0.05, 0) is 79.4 Å². The van der Waals surface area contributed by atoms with Crippen LogP contribution < -0.4 is 20.3 Å². The van der Waals surface area contributed by atoms with Crippen molar-refractivity contribution in [3.8, 4) is 11.5 Å². The molecule has 0 saturated carbocycles. The van der Waals surface area contributed by atoms with Crippen LogP contribution in [0.5, 0.6) is 11.5 Å². The zero-order chi connectivity index (χ0) is 18.9. The van der Waals surface area contributed by atoms with E-state index in [0.717, 1.165) is 20.1 Å². The molecule has 2 aromatic carbocycles. The van der Waals surface area contributed by atoms with Crippen molar-refractivity contribution in [1.29, 1.82) is 0 Å². The SMILES string of the molecule is COc1ccc(C=NNC(=O)N/N=C/c2ccc(OC)c(Br)c2)cc1Br. The summed E-state index contributed by atoms with van der Waals surface area (Å²) in [4.78, 5) is 11.6. The third kappa shape index (κ3) is 5.85. The van der Waals surface area contributed by atoms with Crippen LogP contribution in [0.25, 0.3) is 0 Å². The minimum atomic E-state index is -0.558. The van der Waals surface area contributed by atoms with Crippen LogP contribution >= 0.6 is 31.9 Å². The van der Waals surface area contributed by atoms with Crippen LogP contribution in [0.4, 0.5) is 4.79 Å². The summed E-state index contributed by atoms with van der Waals surface area (Å²) in [5.41, 5.74) is 6.24. The number of carbonyl (C=O) groups excluding carboxylic acids is 1. The van der Waals surface area contributed by atoms with Crippen molar-refractivity contribution in [2.75, 3.05) is 14.2 Å². The molecule has 0 fully saturated rings. The second-order valence-corrected chi connectivity index (χ2v) is 6.57. The lowest BCUT2D eigenvalue weighted by Gasteiger charge is -2.03. The molecular formula is C17H16Br2N4O3. The number of amides is 2. The number of ether oxygens (including phenoxy) is 2. The van der Waals surface area contributed by atoms with Crippen LogP contribution in [0.2, 0.25) is 0 Å². The van der Waals surface area contributed by atoms with Crippen molar-refractivity contribution < 1.29 is 14.3 Å². The average molecular weight is 484 g/mol. The standard InChI is InChI=1S/C17H16Br2N4O3/c1-25-15-5-3-11(7-13(15)18)9-20-22-17(24)23-21-10-12-4-6-16(26-2)14(19)8-12/h3-10H,1-2H3,(H2,22,23,24)/b20-9+,21-10?. The summed E-state index contributed by atoms with van der Waals surface area (Å²) in [5.74, 6) is 1.43. The molecule has 0 aliphatic heterocycles. The molecule has 0 bridgehead atoms. The van der Waals surface area contributed by atoms with E-state index in [1.165, 1.54) is 12.4 Å². The highest BCUT2D eigenvalue weighted by molar-refractivity contribution is 9.10. The molecule has 0 saturated heterocycles. The predicted molar refractivity (Wildman–Crippen MR) is 108 cm³/mol. The van der Waals surface area contributed by atoms with E-state index in [9.17, 15) is 4.79 Å². The van der Waals surface area contributed by atoms with Crippen LogP contribution in [0.3, 0.4) is 0 Å². The van der Waals surface area contributed by atoms with Gasteiger partial charge < -0.3 is 9.47 Å². The molecule has 0 atom stereocenters. The Kier molecular flexibility index (Phi) is 7.61. The molecule has 2 amide bonds. The highest BCUT2D eigenvalue weighted by Crippen LogP contribution is 2.25. The lowest BCUT2D eigenvalue weighted by atomic mass is 10.2. The molecule has 7 nitrogen and oxygen atoms in total. The number of methoxy groups -OCH3 is 2. The van der Waals surface area contributed by atoms with E-state index < -0.39 is 6.03 Å². The Morgan fingerprint density at radius 3 is 1.65 bits per heavy atom. The predicted octanol–water partition coefficient (Wildman–Crippen LogP) is 3.90. The fraction of sp³-hybridized carbons (Fsp3) is 0.118. The van der Waals surface area contributed by atoms with E-state index in [1.54, 1.807) is 26.4 Å². The van der Waals surface area contributed by atoms with Gasteiger partial charge in [0.15, 0.2) is 0 Å². The van der Waals surface area contributed by atoms with Gasteiger partial charge in [-0.2, -0.15) is 10.2 Å². The Bertz CT molecular complexity index is 773. The maximum Gasteiger partial charge on any atom is 0.355 e. The fourth-order valence-corrected chi connectivity index (χ4v) is 3.00. The lowest BCUT2D eigenvalue weighted by molar-refractivity contribution is 0.242. The van der Waals surface area contributed by atoms with Crippen molar-refractivity contribution in [2.24, 2.45) is 10.2 Å². The van der Waals surface area contributed by atoms with Crippen LogP contribution in [-0.2, 0) is 0 Å². The Hall–Kier alpha value is -2.39. The van der Waals surface area contributed by atoms with Crippen LogP contribution in [-0.4, -0.2) is 32.7 Å². The zero-order valence-corrected chi connectivity index (χ0v) is 17.2. The van der Waals surface area contributed by atoms with Crippen molar-refractivity contribution in [3.05, 3.63) is 56.5 Å². The number of rotatable bonds is 6. The normalized spacial score (nSPS) is 10.9. The van der Waals surface area contributed by atoms with Crippen molar-refractivity contribution in [2.45, 2.75) is 0 Å². The van der Waals surface area contributed by atoms with Gasteiger partial charge in [-0.25, -0.2) is 15.6 Å². The van der Waals surface area contributed by atoms with Gasteiger partial charge in [0.2, 0.25) is 0 Å². The molecule has 0 aromatic heterocycles. The minimum absolute atomic E-state index is 0.558.